The van der Waals surface area contributed by atoms with E-state index in [2.05, 4.69) is 6.58 Å². The number of hydrogen-bond acceptors (Lipinski definition) is 0. The van der Waals surface area contributed by atoms with Crippen molar-refractivity contribution in [3.05, 3.63) is 90.3 Å². The predicted octanol–water partition coefficient (Wildman–Crippen LogP) is 6.08. The quantitative estimate of drug-likeness (QED) is 0.550. The Morgan fingerprint density at radius 1 is 0.609 bits per heavy atom. The van der Waals surface area contributed by atoms with Crippen LogP contribution in [-0.4, -0.2) is 0 Å². The molecule has 0 saturated carbocycles. The second-order valence-electron chi connectivity index (χ2n) is 5.15. The molecule has 0 aliphatic carbocycles. The second-order valence-corrected chi connectivity index (χ2v) is 5.15. The third-order valence-corrected chi connectivity index (χ3v) is 3.68. The summed E-state index contributed by atoms with van der Waals surface area (Å²) in [6.07, 6.45) is 1.58. The van der Waals surface area contributed by atoms with Crippen LogP contribution < -0.4 is 0 Å². The van der Waals surface area contributed by atoms with Crippen LogP contribution in [0.1, 0.15) is 5.56 Å². The van der Waals surface area contributed by atoms with Gasteiger partial charge in [0.15, 0.2) is 11.6 Å². The van der Waals surface area contributed by atoms with E-state index < -0.39 is 11.6 Å². The highest BCUT2D eigenvalue weighted by Gasteiger charge is 2.07. The first kappa shape index (κ1) is 15.1. The third-order valence-electron chi connectivity index (χ3n) is 3.68. The molecule has 0 nitrogen and oxygen atoms in total. The van der Waals surface area contributed by atoms with Gasteiger partial charge in [-0.25, -0.2) is 13.2 Å². The Labute approximate surface area is 132 Å². The van der Waals surface area contributed by atoms with E-state index in [-0.39, 0.29) is 5.82 Å². The first-order chi connectivity index (χ1) is 11.1. The zero-order chi connectivity index (χ0) is 16.4. The summed E-state index contributed by atoms with van der Waals surface area (Å²) >= 11 is 0. The number of rotatable bonds is 3. The summed E-state index contributed by atoms with van der Waals surface area (Å²) in [7, 11) is 0. The Balaban J connectivity index is 1.96. The first-order valence-corrected chi connectivity index (χ1v) is 7.06. The molecule has 3 aromatic rings. The van der Waals surface area contributed by atoms with Crippen molar-refractivity contribution in [3.8, 4) is 22.3 Å². The largest absolute Gasteiger partial charge is 0.206 e. The number of hydrogen-bond donors (Lipinski definition) is 0. The summed E-state index contributed by atoms with van der Waals surface area (Å²) in [5.74, 6) is -2.10. The predicted molar refractivity (Wildman–Crippen MR) is 87.3 cm³/mol. The van der Waals surface area contributed by atoms with Crippen molar-refractivity contribution in [1.82, 2.24) is 0 Å². The number of benzene rings is 3. The molecule has 0 unspecified atom stereocenters. The normalized spacial score (nSPS) is 10.6. The highest BCUT2D eigenvalue weighted by Crippen LogP contribution is 2.28. The van der Waals surface area contributed by atoms with E-state index in [0.29, 0.717) is 22.3 Å². The van der Waals surface area contributed by atoms with E-state index in [1.165, 1.54) is 12.1 Å². The Bertz CT molecular complexity index is 865. The van der Waals surface area contributed by atoms with Gasteiger partial charge in [-0.3, -0.25) is 0 Å². The summed E-state index contributed by atoms with van der Waals surface area (Å²) in [5.41, 5.74) is 3.20. The average Bonchev–Trinajstić information content (AvgIpc) is 2.57. The summed E-state index contributed by atoms with van der Waals surface area (Å²) < 4.78 is 40.4. The monoisotopic (exact) mass is 310 g/mol. The fourth-order valence-corrected chi connectivity index (χ4v) is 2.41. The highest BCUT2D eigenvalue weighted by atomic mass is 19.2. The molecule has 0 N–H and O–H groups in total. The summed E-state index contributed by atoms with van der Waals surface area (Å²) in [6, 6.07) is 15.7. The van der Waals surface area contributed by atoms with Gasteiger partial charge in [0.25, 0.3) is 0 Å². The van der Waals surface area contributed by atoms with Crippen molar-refractivity contribution in [3.63, 3.8) is 0 Å². The van der Waals surface area contributed by atoms with Crippen LogP contribution in [0.15, 0.2) is 67.2 Å². The van der Waals surface area contributed by atoms with Crippen LogP contribution >= 0.6 is 0 Å². The molecule has 0 aliphatic rings. The van der Waals surface area contributed by atoms with E-state index in [1.54, 1.807) is 42.5 Å². The van der Waals surface area contributed by atoms with E-state index >= 15 is 0 Å². The molecule has 0 aromatic heterocycles. The molecule has 114 valence electrons. The molecule has 0 amide bonds. The zero-order valence-corrected chi connectivity index (χ0v) is 12.2. The molecular weight excluding hydrogens is 297 g/mol. The summed E-state index contributed by atoms with van der Waals surface area (Å²) in [4.78, 5) is 0. The minimum atomic E-state index is -0.891. The maximum Gasteiger partial charge on any atom is 0.159 e. The molecule has 3 aromatic carbocycles. The molecule has 0 spiro atoms. The van der Waals surface area contributed by atoms with Crippen LogP contribution in [0.25, 0.3) is 28.3 Å². The fourth-order valence-electron chi connectivity index (χ4n) is 2.41. The van der Waals surface area contributed by atoms with Crippen LogP contribution in [0, 0.1) is 17.5 Å². The Morgan fingerprint density at radius 2 is 1.26 bits per heavy atom. The molecule has 0 heterocycles. The molecule has 23 heavy (non-hydrogen) atoms. The van der Waals surface area contributed by atoms with Gasteiger partial charge in [-0.15, -0.1) is 0 Å². The molecule has 0 atom stereocenters. The lowest BCUT2D eigenvalue weighted by Gasteiger charge is -2.07. The van der Waals surface area contributed by atoms with Crippen LogP contribution in [0.5, 0.6) is 0 Å². The molecule has 3 rings (SSSR count). The van der Waals surface area contributed by atoms with E-state index in [1.807, 2.05) is 0 Å². The second kappa shape index (κ2) is 6.13. The summed E-state index contributed by atoms with van der Waals surface area (Å²) in [5, 5.41) is 0. The lowest BCUT2D eigenvalue weighted by molar-refractivity contribution is 0.509. The number of halogens is 3. The van der Waals surface area contributed by atoms with Gasteiger partial charge in [0.2, 0.25) is 0 Å². The minimum Gasteiger partial charge on any atom is -0.206 e. The van der Waals surface area contributed by atoms with Crippen molar-refractivity contribution < 1.29 is 13.2 Å². The topological polar surface area (TPSA) is 0 Å². The fraction of sp³-hybridized carbons (Fsp3) is 0. The smallest absolute Gasteiger partial charge is 0.159 e. The van der Waals surface area contributed by atoms with Crippen LogP contribution in [0.4, 0.5) is 13.2 Å². The highest BCUT2D eigenvalue weighted by molar-refractivity contribution is 5.71. The van der Waals surface area contributed by atoms with Crippen molar-refractivity contribution in [2.24, 2.45) is 0 Å². The van der Waals surface area contributed by atoms with Gasteiger partial charge in [-0.2, -0.15) is 0 Å². The first-order valence-electron chi connectivity index (χ1n) is 7.06. The van der Waals surface area contributed by atoms with Crippen LogP contribution in [0.3, 0.4) is 0 Å². The zero-order valence-electron chi connectivity index (χ0n) is 12.2. The van der Waals surface area contributed by atoms with Crippen LogP contribution in [0.2, 0.25) is 0 Å². The molecule has 3 heteroatoms. The molecule has 0 saturated heterocycles. The van der Waals surface area contributed by atoms with Gasteiger partial charge in [0.1, 0.15) is 5.82 Å². The third kappa shape index (κ3) is 3.04. The van der Waals surface area contributed by atoms with Crippen LogP contribution in [-0.2, 0) is 0 Å². The van der Waals surface area contributed by atoms with E-state index in [0.717, 1.165) is 17.7 Å². The Morgan fingerprint density at radius 3 is 1.87 bits per heavy atom. The Kier molecular flexibility index (Phi) is 4.02. The lowest BCUT2D eigenvalue weighted by Crippen LogP contribution is -1.87. The van der Waals surface area contributed by atoms with Gasteiger partial charge in [0.05, 0.1) is 0 Å². The molecule has 0 fully saturated rings. The SMILES string of the molecule is C=Cc1ccc(-c2ccc(-c3ccc(F)c(F)c3)cc2)c(F)c1. The summed E-state index contributed by atoms with van der Waals surface area (Å²) in [6.45, 7) is 3.61. The van der Waals surface area contributed by atoms with Crippen molar-refractivity contribution >= 4 is 6.08 Å². The average molecular weight is 310 g/mol. The van der Waals surface area contributed by atoms with E-state index in [9.17, 15) is 13.2 Å². The molecular formula is C20H13F3. The van der Waals surface area contributed by atoms with Gasteiger partial charge >= 0.3 is 0 Å². The Hall–Kier alpha value is -2.81. The lowest BCUT2D eigenvalue weighted by atomic mass is 9.99. The molecule has 0 aliphatic heterocycles. The minimum absolute atomic E-state index is 0.331. The van der Waals surface area contributed by atoms with Gasteiger partial charge in [0, 0.05) is 5.56 Å². The maximum atomic E-state index is 14.1. The standard InChI is InChI=1S/C20H13F3/c1-2-13-3-9-17(19(22)11-13)15-6-4-14(5-7-15)16-8-10-18(21)20(23)12-16/h2-12H,1H2. The van der Waals surface area contributed by atoms with E-state index in [4.69, 9.17) is 0 Å². The van der Waals surface area contributed by atoms with Gasteiger partial charge in [-0.05, 0) is 40.5 Å². The van der Waals surface area contributed by atoms with Gasteiger partial charge in [-0.1, -0.05) is 55.1 Å². The molecule has 0 radical (unpaired) electrons. The van der Waals surface area contributed by atoms with Crippen molar-refractivity contribution in [1.29, 1.82) is 0 Å². The molecule has 0 bridgehead atoms. The van der Waals surface area contributed by atoms with Crippen molar-refractivity contribution in [2.45, 2.75) is 0 Å². The van der Waals surface area contributed by atoms with Gasteiger partial charge < -0.3 is 0 Å². The maximum absolute atomic E-state index is 14.1. The van der Waals surface area contributed by atoms with Crippen molar-refractivity contribution in [2.75, 3.05) is 0 Å².